The Balaban J connectivity index is 1.49. The van der Waals surface area contributed by atoms with Crippen molar-refractivity contribution in [2.24, 2.45) is 0 Å². The fraction of sp³-hybridized carbons (Fsp3) is 0.0333. The summed E-state index contributed by atoms with van der Waals surface area (Å²) in [5.74, 6) is -0.197. The highest BCUT2D eigenvalue weighted by atomic mass is 32.1. The minimum absolute atomic E-state index is 0.197. The van der Waals surface area contributed by atoms with Crippen LogP contribution >= 0.6 is 11.3 Å². The number of rotatable bonds is 3. The van der Waals surface area contributed by atoms with Crippen molar-refractivity contribution in [3.8, 4) is 33.5 Å². The lowest BCUT2D eigenvalue weighted by Crippen LogP contribution is -1.89. The number of thiophene rings is 1. The molecule has 1 nitrogen and oxygen atoms in total. The van der Waals surface area contributed by atoms with Gasteiger partial charge in [0, 0.05) is 43.1 Å². The fourth-order valence-corrected chi connectivity index (χ4v) is 5.75. The van der Waals surface area contributed by atoms with Crippen molar-refractivity contribution in [1.82, 2.24) is 4.98 Å². The monoisotopic (exact) mass is 445 g/mol. The molecule has 0 aliphatic carbocycles. The third-order valence-electron chi connectivity index (χ3n) is 6.16. The molecule has 33 heavy (non-hydrogen) atoms. The number of halogens is 1. The van der Waals surface area contributed by atoms with Crippen LogP contribution < -0.4 is 0 Å². The van der Waals surface area contributed by atoms with Crippen molar-refractivity contribution < 1.29 is 4.39 Å². The second kappa shape index (κ2) is 7.95. The van der Waals surface area contributed by atoms with Crippen molar-refractivity contribution >= 4 is 31.5 Å². The number of fused-ring (bicyclic) bond motifs is 3. The zero-order chi connectivity index (χ0) is 22.4. The van der Waals surface area contributed by atoms with Crippen molar-refractivity contribution in [3.63, 3.8) is 0 Å². The Morgan fingerprint density at radius 2 is 1.45 bits per heavy atom. The van der Waals surface area contributed by atoms with Crippen molar-refractivity contribution in [2.75, 3.05) is 0 Å². The molecular weight excluding hydrogens is 425 g/mol. The molecule has 4 aromatic carbocycles. The van der Waals surface area contributed by atoms with E-state index in [4.69, 9.17) is 4.98 Å². The molecule has 0 spiro atoms. The number of nitrogens with zero attached hydrogens (tertiary/aromatic N) is 1. The molecule has 0 radical (unpaired) electrons. The van der Waals surface area contributed by atoms with Crippen LogP contribution in [0.3, 0.4) is 0 Å². The van der Waals surface area contributed by atoms with Gasteiger partial charge in [0.25, 0.3) is 0 Å². The molecule has 0 aliphatic rings. The maximum Gasteiger partial charge on any atom is 0.131 e. The number of aromatic nitrogens is 1. The number of aryl methyl sites for hydroxylation is 1. The summed E-state index contributed by atoms with van der Waals surface area (Å²) in [5.41, 5.74) is 7.15. The summed E-state index contributed by atoms with van der Waals surface area (Å²) in [7, 11) is 0. The molecular formula is C30H20FNS. The molecule has 0 aliphatic heterocycles. The van der Waals surface area contributed by atoms with Crippen LogP contribution in [0, 0.1) is 12.7 Å². The normalized spacial score (nSPS) is 11.3. The standard InChI is InChI=1S/C30H20FNS/c1-19-16-28(32-18-26(19)20-8-3-2-4-9-20)25-12-7-11-24-23-15-14-21(17-29(23)33-30(24)25)22-10-5-6-13-27(22)31/h2-18H,1H3. The molecule has 3 heteroatoms. The molecule has 2 aromatic heterocycles. The third kappa shape index (κ3) is 3.42. The summed E-state index contributed by atoms with van der Waals surface area (Å²) >= 11 is 1.74. The van der Waals surface area contributed by atoms with Gasteiger partial charge in [-0.1, -0.05) is 78.9 Å². The van der Waals surface area contributed by atoms with Gasteiger partial charge in [0.1, 0.15) is 5.82 Å². The van der Waals surface area contributed by atoms with Crippen LogP contribution in [0.15, 0.2) is 103 Å². The predicted octanol–water partition coefficient (Wildman–Crippen LogP) is 8.90. The van der Waals surface area contributed by atoms with E-state index in [1.165, 1.54) is 32.7 Å². The van der Waals surface area contributed by atoms with E-state index in [2.05, 4.69) is 67.6 Å². The second-order valence-corrected chi connectivity index (χ2v) is 9.28. The lowest BCUT2D eigenvalue weighted by atomic mass is 9.99. The minimum Gasteiger partial charge on any atom is -0.256 e. The van der Waals surface area contributed by atoms with E-state index in [0.29, 0.717) is 5.56 Å². The minimum atomic E-state index is -0.197. The Bertz CT molecular complexity index is 1630. The quantitative estimate of drug-likeness (QED) is 0.265. The summed E-state index contributed by atoms with van der Waals surface area (Å²) in [4.78, 5) is 4.84. The maximum atomic E-state index is 14.4. The van der Waals surface area contributed by atoms with Gasteiger partial charge in [-0.25, -0.2) is 4.39 Å². The number of benzene rings is 4. The second-order valence-electron chi connectivity index (χ2n) is 8.23. The van der Waals surface area contributed by atoms with E-state index in [0.717, 1.165) is 27.1 Å². The van der Waals surface area contributed by atoms with Crippen LogP contribution in [0.1, 0.15) is 5.56 Å². The van der Waals surface area contributed by atoms with Crippen LogP contribution in [-0.4, -0.2) is 4.98 Å². The van der Waals surface area contributed by atoms with E-state index in [1.54, 1.807) is 17.4 Å². The molecule has 6 rings (SSSR count). The molecule has 0 saturated heterocycles. The highest BCUT2D eigenvalue weighted by molar-refractivity contribution is 7.26. The first kappa shape index (κ1) is 19.8. The molecule has 6 aromatic rings. The maximum absolute atomic E-state index is 14.4. The van der Waals surface area contributed by atoms with Gasteiger partial charge in [0.05, 0.1) is 5.69 Å². The van der Waals surface area contributed by atoms with Gasteiger partial charge < -0.3 is 0 Å². The van der Waals surface area contributed by atoms with Crippen molar-refractivity contribution in [2.45, 2.75) is 6.92 Å². The zero-order valence-corrected chi connectivity index (χ0v) is 18.9. The van der Waals surface area contributed by atoms with Crippen molar-refractivity contribution in [1.29, 1.82) is 0 Å². The van der Waals surface area contributed by atoms with E-state index in [-0.39, 0.29) is 5.82 Å². The highest BCUT2D eigenvalue weighted by Crippen LogP contribution is 2.41. The van der Waals surface area contributed by atoms with Gasteiger partial charge in [-0.2, -0.15) is 0 Å². The summed E-state index contributed by atoms with van der Waals surface area (Å²) in [6.07, 6.45) is 1.97. The van der Waals surface area contributed by atoms with Gasteiger partial charge in [-0.15, -0.1) is 11.3 Å². The lowest BCUT2D eigenvalue weighted by Gasteiger charge is -2.09. The molecule has 0 atom stereocenters. The van der Waals surface area contributed by atoms with E-state index < -0.39 is 0 Å². The Kier molecular flexibility index (Phi) is 4.78. The molecule has 0 fully saturated rings. The largest absolute Gasteiger partial charge is 0.256 e. The number of hydrogen-bond donors (Lipinski definition) is 0. The summed E-state index contributed by atoms with van der Waals surface area (Å²) in [5, 5.41) is 2.40. The molecule has 0 N–H and O–H groups in total. The number of hydrogen-bond acceptors (Lipinski definition) is 2. The van der Waals surface area contributed by atoms with Gasteiger partial charge in [0.2, 0.25) is 0 Å². The lowest BCUT2D eigenvalue weighted by molar-refractivity contribution is 0.631. The molecule has 158 valence electrons. The van der Waals surface area contributed by atoms with Gasteiger partial charge in [-0.05, 0) is 41.8 Å². The summed E-state index contributed by atoms with van der Waals surface area (Å²) in [6, 6.07) is 32.1. The van der Waals surface area contributed by atoms with Crippen LogP contribution in [0.25, 0.3) is 53.7 Å². The average Bonchev–Trinajstić information content (AvgIpc) is 3.23. The smallest absolute Gasteiger partial charge is 0.131 e. The molecule has 0 saturated carbocycles. The first-order valence-electron chi connectivity index (χ1n) is 10.9. The number of pyridine rings is 1. The Labute approximate surface area is 195 Å². The average molecular weight is 446 g/mol. The van der Waals surface area contributed by atoms with E-state index >= 15 is 0 Å². The van der Waals surface area contributed by atoms with Crippen molar-refractivity contribution in [3.05, 3.63) is 115 Å². The third-order valence-corrected chi connectivity index (χ3v) is 7.36. The Hall–Kier alpha value is -3.82. The first-order valence-corrected chi connectivity index (χ1v) is 11.7. The summed E-state index contributed by atoms with van der Waals surface area (Å²) < 4.78 is 16.7. The molecule has 0 amide bonds. The Morgan fingerprint density at radius 1 is 0.667 bits per heavy atom. The molecule has 0 bridgehead atoms. The Morgan fingerprint density at radius 3 is 2.27 bits per heavy atom. The zero-order valence-electron chi connectivity index (χ0n) is 18.0. The SMILES string of the molecule is Cc1cc(-c2cccc3c2sc2cc(-c4ccccc4F)ccc23)ncc1-c1ccccc1. The topological polar surface area (TPSA) is 12.9 Å². The molecule has 0 unspecified atom stereocenters. The van der Waals surface area contributed by atoms with Gasteiger partial charge >= 0.3 is 0 Å². The highest BCUT2D eigenvalue weighted by Gasteiger charge is 2.14. The van der Waals surface area contributed by atoms with Crippen LogP contribution in [0.2, 0.25) is 0 Å². The fourth-order valence-electron chi connectivity index (χ4n) is 4.49. The first-order chi connectivity index (χ1) is 16.2. The van der Waals surface area contributed by atoms with Crippen LogP contribution in [0.5, 0.6) is 0 Å². The van der Waals surface area contributed by atoms with E-state index in [1.807, 2.05) is 30.5 Å². The van der Waals surface area contributed by atoms with Crippen LogP contribution in [0.4, 0.5) is 4.39 Å². The van der Waals surface area contributed by atoms with Gasteiger partial charge in [0.15, 0.2) is 0 Å². The van der Waals surface area contributed by atoms with Crippen LogP contribution in [-0.2, 0) is 0 Å². The van der Waals surface area contributed by atoms with Gasteiger partial charge in [-0.3, -0.25) is 4.98 Å². The predicted molar refractivity (Wildman–Crippen MR) is 138 cm³/mol. The molecule has 2 heterocycles. The van der Waals surface area contributed by atoms with E-state index in [9.17, 15) is 4.39 Å². The summed E-state index contributed by atoms with van der Waals surface area (Å²) in [6.45, 7) is 2.14.